The highest BCUT2D eigenvalue weighted by molar-refractivity contribution is 5.92. The van der Waals surface area contributed by atoms with E-state index in [2.05, 4.69) is 5.32 Å². The number of hydrogen-bond donors (Lipinski definition) is 2. The molecule has 0 aliphatic carbocycles. The van der Waals surface area contributed by atoms with Gasteiger partial charge >= 0.3 is 0 Å². The number of amides is 2. The van der Waals surface area contributed by atoms with Crippen LogP contribution in [0.3, 0.4) is 0 Å². The van der Waals surface area contributed by atoms with Crippen molar-refractivity contribution in [3.8, 4) is 0 Å². The van der Waals surface area contributed by atoms with Gasteiger partial charge in [-0.15, -0.1) is 0 Å². The summed E-state index contributed by atoms with van der Waals surface area (Å²) in [6.07, 6.45) is 1.34. The van der Waals surface area contributed by atoms with Crippen molar-refractivity contribution in [2.24, 2.45) is 5.73 Å². The van der Waals surface area contributed by atoms with Gasteiger partial charge in [0.25, 0.3) is 0 Å². The maximum atomic E-state index is 12.6. The van der Waals surface area contributed by atoms with Gasteiger partial charge in [0, 0.05) is 19.7 Å². The van der Waals surface area contributed by atoms with Crippen molar-refractivity contribution >= 4 is 11.8 Å². The van der Waals surface area contributed by atoms with Crippen molar-refractivity contribution in [3.05, 3.63) is 0 Å². The van der Waals surface area contributed by atoms with Gasteiger partial charge < -0.3 is 25.4 Å². The van der Waals surface area contributed by atoms with Crippen molar-refractivity contribution in [1.82, 2.24) is 10.2 Å². The third kappa shape index (κ3) is 3.11. The molecule has 2 unspecified atom stereocenters. The first kappa shape index (κ1) is 15.2. The quantitative estimate of drug-likeness (QED) is 0.681. The zero-order valence-electron chi connectivity index (χ0n) is 11.9. The van der Waals surface area contributed by atoms with Gasteiger partial charge in [0.05, 0.1) is 19.8 Å². The first-order valence-corrected chi connectivity index (χ1v) is 7.11. The van der Waals surface area contributed by atoms with E-state index in [4.69, 9.17) is 15.2 Å². The van der Waals surface area contributed by atoms with Gasteiger partial charge in [0.1, 0.15) is 11.6 Å². The van der Waals surface area contributed by atoms with Gasteiger partial charge in [0.15, 0.2) is 0 Å². The number of nitrogens with one attached hydrogen (secondary N) is 1. The largest absolute Gasteiger partial charge is 0.379 e. The van der Waals surface area contributed by atoms with E-state index in [0.717, 1.165) is 6.42 Å². The molecule has 2 rings (SSSR count). The number of rotatable bonds is 4. The standard InChI is InChI=1S/C13H23N3O4/c1-2-4-15-11(17)10-8-19-7-5-16(10)12(18)13(14)3-6-20-9-13/h10H,2-9,14H2,1H3,(H,15,17). The van der Waals surface area contributed by atoms with Crippen LogP contribution in [0.5, 0.6) is 0 Å². The van der Waals surface area contributed by atoms with Gasteiger partial charge in [-0.05, 0) is 12.8 Å². The molecule has 20 heavy (non-hydrogen) atoms. The summed E-state index contributed by atoms with van der Waals surface area (Å²) in [7, 11) is 0. The van der Waals surface area contributed by atoms with Gasteiger partial charge in [-0.2, -0.15) is 0 Å². The number of nitrogens with zero attached hydrogens (tertiary/aromatic N) is 1. The van der Waals surface area contributed by atoms with Crippen molar-refractivity contribution in [1.29, 1.82) is 0 Å². The molecule has 0 radical (unpaired) electrons. The minimum absolute atomic E-state index is 0.178. The Kier molecular flexibility index (Phi) is 4.95. The fourth-order valence-corrected chi connectivity index (χ4v) is 2.47. The van der Waals surface area contributed by atoms with Crippen LogP contribution in [-0.4, -0.2) is 67.8 Å². The van der Waals surface area contributed by atoms with Crippen LogP contribution < -0.4 is 11.1 Å². The Morgan fingerprint density at radius 2 is 2.20 bits per heavy atom. The molecule has 2 aliphatic heterocycles. The lowest BCUT2D eigenvalue weighted by molar-refractivity contribution is -0.152. The minimum atomic E-state index is -0.999. The summed E-state index contributed by atoms with van der Waals surface area (Å²) in [4.78, 5) is 26.3. The second-order valence-corrected chi connectivity index (χ2v) is 5.34. The van der Waals surface area contributed by atoms with E-state index in [0.29, 0.717) is 32.7 Å². The molecular weight excluding hydrogens is 262 g/mol. The SMILES string of the molecule is CCCNC(=O)C1COCCN1C(=O)C1(N)CCOC1. The first-order valence-electron chi connectivity index (χ1n) is 7.11. The number of nitrogens with two attached hydrogens (primary N) is 1. The summed E-state index contributed by atoms with van der Waals surface area (Å²) >= 11 is 0. The number of ether oxygens (including phenoxy) is 2. The molecule has 2 atom stereocenters. The highest BCUT2D eigenvalue weighted by Crippen LogP contribution is 2.21. The summed E-state index contributed by atoms with van der Waals surface area (Å²) in [6.45, 7) is 4.31. The molecule has 114 valence electrons. The van der Waals surface area contributed by atoms with Gasteiger partial charge in [-0.1, -0.05) is 6.92 Å². The Morgan fingerprint density at radius 1 is 1.40 bits per heavy atom. The third-order valence-corrected chi connectivity index (χ3v) is 3.72. The van der Waals surface area contributed by atoms with E-state index in [9.17, 15) is 9.59 Å². The molecule has 2 heterocycles. The van der Waals surface area contributed by atoms with Crippen molar-refractivity contribution in [2.75, 3.05) is 39.5 Å². The van der Waals surface area contributed by atoms with Crippen LogP contribution >= 0.6 is 0 Å². The maximum Gasteiger partial charge on any atom is 0.245 e. The summed E-state index contributed by atoms with van der Waals surface area (Å²) < 4.78 is 10.6. The average Bonchev–Trinajstić information content (AvgIpc) is 2.92. The smallest absolute Gasteiger partial charge is 0.245 e. The van der Waals surface area contributed by atoms with Crippen LogP contribution in [0.25, 0.3) is 0 Å². The van der Waals surface area contributed by atoms with Crippen LogP contribution in [0.1, 0.15) is 19.8 Å². The number of carbonyl (C=O) groups excluding carboxylic acids is 2. The third-order valence-electron chi connectivity index (χ3n) is 3.72. The summed E-state index contributed by atoms with van der Waals surface area (Å²) in [5.41, 5.74) is 5.11. The lowest BCUT2D eigenvalue weighted by atomic mass is 9.97. The lowest BCUT2D eigenvalue weighted by Crippen LogP contribution is -2.64. The normalized spacial score (nSPS) is 30.3. The fourth-order valence-electron chi connectivity index (χ4n) is 2.47. The van der Waals surface area contributed by atoms with Crippen LogP contribution in [-0.2, 0) is 19.1 Å². The Bertz CT molecular complexity index is 369. The van der Waals surface area contributed by atoms with Crippen LogP contribution in [0.15, 0.2) is 0 Å². The second-order valence-electron chi connectivity index (χ2n) is 5.34. The Labute approximate surface area is 118 Å². The van der Waals surface area contributed by atoms with E-state index in [1.807, 2.05) is 6.92 Å². The van der Waals surface area contributed by atoms with Crippen molar-refractivity contribution in [3.63, 3.8) is 0 Å². The second kappa shape index (κ2) is 6.51. The van der Waals surface area contributed by atoms with E-state index in [1.165, 1.54) is 0 Å². The maximum absolute atomic E-state index is 12.6. The number of carbonyl (C=O) groups is 2. The summed E-state index contributed by atoms with van der Waals surface area (Å²) in [5.74, 6) is -0.391. The Hall–Kier alpha value is -1.18. The van der Waals surface area contributed by atoms with Crippen molar-refractivity contribution in [2.45, 2.75) is 31.3 Å². The molecule has 0 aromatic heterocycles. The van der Waals surface area contributed by atoms with Crippen LogP contribution in [0.2, 0.25) is 0 Å². The van der Waals surface area contributed by atoms with Gasteiger partial charge in [-0.25, -0.2) is 0 Å². The summed E-state index contributed by atoms with van der Waals surface area (Å²) in [5, 5.41) is 2.81. The molecule has 3 N–H and O–H groups in total. The zero-order valence-corrected chi connectivity index (χ0v) is 11.9. The molecule has 0 saturated carbocycles. The Morgan fingerprint density at radius 3 is 2.85 bits per heavy atom. The van der Waals surface area contributed by atoms with Crippen molar-refractivity contribution < 1.29 is 19.1 Å². The van der Waals surface area contributed by atoms with E-state index < -0.39 is 11.6 Å². The summed E-state index contributed by atoms with van der Waals surface area (Å²) in [6, 6.07) is -0.594. The fraction of sp³-hybridized carbons (Fsp3) is 0.846. The molecule has 2 fully saturated rings. The predicted octanol–water partition coefficient (Wildman–Crippen LogP) is -1.14. The average molecular weight is 285 g/mol. The topological polar surface area (TPSA) is 93.9 Å². The minimum Gasteiger partial charge on any atom is -0.379 e. The molecule has 7 nitrogen and oxygen atoms in total. The first-order chi connectivity index (χ1) is 9.58. The molecular formula is C13H23N3O4. The molecule has 0 bridgehead atoms. The molecule has 7 heteroatoms. The van der Waals surface area contributed by atoms with E-state index in [1.54, 1.807) is 4.90 Å². The van der Waals surface area contributed by atoms with Crippen LogP contribution in [0.4, 0.5) is 0 Å². The molecule has 2 amide bonds. The number of morpholine rings is 1. The number of hydrogen-bond acceptors (Lipinski definition) is 5. The molecule has 0 aromatic rings. The molecule has 2 aliphatic rings. The molecule has 0 aromatic carbocycles. The zero-order chi connectivity index (χ0) is 14.6. The molecule has 0 spiro atoms. The predicted molar refractivity (Wildman–Crippen MR) is 72.0 cm³/mol. The highest BCUT2D eigenvalue weighted by Gasteiger charge is 2.45. The molecule has 2 saturated heterocycles. The van der Waals surface area contributed by atoms with Gasteiger partial charge in [-0.3, -0.25) is 9.59 Å². The highest BCUT2D eigenvalue weighted by atomic mass is 16.5. The van der Waals surface area contributed by atoms with E-state index in [-0.39, 0.29) is 25.0 Å². The lowest BCUT2D eigenvalue weighted by Gasteiger charge is -2.38. The van der Waals surface area contributed by atoms with Gasteiger partial charge in [0.2, 0.25) is 11.8 Å². The van der Waals surface area contributed by atoms with E-state index >= 15 is 0 Å². The van der Waals surface area contributed by atoms with Crippen LogP contribution in [0, 0.1) is 0 Å². The Balaban J connectivity index is 2.06. The monoisotopic (exact) mass is 285 g/mol.